The molecule has 1 heterocycles. The van der Waals surface area contributed by atoms with Gasteiger partial charge in [0.1, 0.15) is 0 Å². The molecule has 178 valence electrons. The molecule has 0 atom stereocenters. The van der Waals surface area contributed by atoms with Crippen molar-refractivity contribution in [3.05, 3.63) is 57.5 Å². The highest BCUT2D eigenvalue weighted by molar-refractivity contribution is 9.10. The molecule has 0 bridgehead atoms. The van der Waals surface area contributed by atoms with Crippen molar-refractivity contribution in [3.63, 3.8) is 0 Å². The van der Waals surface area contributed by atoms with E-state index in [1.807, 2.05) is 36.4 Å². The molecule has 2 aliphatic carbocycles. The molecule has 1 saturated heterocycles. The minimum atomic E-state index is -0.116. The first-order valence-electron chi connectivity index (χ1n) is 11.0. The van der Waals surface area contributed by atoms with Gasteiger partial charge in [0.15, 0.2) is 0 Å². The number of aliphatic imine (C=N–C) groups is 1. The van der Waals surface area contributed by atoms with Crippen LogP contribution < -0.4 is 16.4 Å². The zero-order valence-corrected chi connectivity index (χ0v) is 21.6. The first kappa shape index (κ1) is 27.2. The van der Waals surface area contributed by atoms with E-state index in [4.69, 9.17) is 10.5 Å². The van der Waals surface area contributed by atoms with E-state index in [1.165, 1.54) is 31.8 Å². The topological polar surface area (TPSA) is 106 Å². The fraction of sp³-hybridized carbons (Fsp3) is 0.417. The number of hydrogen-bond donors (Lipinski definition) is 3. The Kier molecular flexibility index (Phi) is 13.0. The number of carbonyl (C=O) groups excluding carboxylic acids is 2. The number of rotatable bonds is 3. The van der Waals surface area contributed by atoms with Gasteiger partial charge in [-0.25, -0.2) is 9.59 Å². The number of anilines is 1. The van der Waals surface area contributed by atoms with E-state index in [0.29, 0.717) is 17.8 Å². The van der Waals surface area contributed by atoms with Crippen LogP contribution in [0.15, 0.2) is 62.5 Å². The van der Waals surface area contributed by atoms with E-state index in [9.17, 15) is 9.59 Å². The van der Waals surface area contributed by atoms with Crippen LogP contribution in [0.2, 0.25) is 0 Å². The summed E-state index contributed by atoms with van der Waals surface area (Å²) in [7, 11) is 0. The molecule has 0 radical (unpaired) electrons. The van der Waals surface area contributed by atoms with Crippen LogP contribution in [-0.2, 0) is 9.53 Å². The predicted molar refractivity (Wildman–Crippen MR) is 139 cm³/mol. The smallest absolute Gasteiger partial charge is 0.319 e. The van der Waals surface area contributed by atoms with Crippen LogP contribution >= 0.6 is 31.9 Å². The number of amides is 2. The van der Waals surface area contributed by atoms with Gasteiger partial charge >= 0.3 is 6.03 Å². The van der Waals surface area contributed by atoms with Crippen molar-refractivity contribution >= 4 is 55.3 Å². The summed E-state index contributed by atoms with van der Waals surface area (Å²) < 4.78 is 6.92. The average Bonchev–Trinajstić information content (AvgIpc) is 3.72. The van der Waals surface area contributed by atoms with E-state index < -0.39 is 0 Å². The van der Waals surface area contributed by atoms with Crippen molar-refractivity contribution in [3.8, 4) is 0 Å². The van der Waals surface area contributed by atoms with Gasteiger partial charge in [-0.15, -0.1) is 0 Å². The van der Waals surface area contributed by atoms with E-state index >= 15 is 0 Å². The summed E-state index contributed by atoms with van der Waals surface area (Å²) in [5, 5.41) is 5.62. The van der Waals surface area contributed by atoms with Gasteiger partial charge in [0.2, 0.25) is 6.08 Å². The Labute approximate surface area is 211 Å². The lowest BCUT2D eigenvalue weighted by molar-refractivity contribution is 0.198. The molecule has 2 saturated carbocycles. The van der Waals surface area contributed by atoms with Crippen LogP contribution in [0.1, 0.15) is 38.5 Å². The molecule has 1 aliphatic heterocycles. The standard InChI is InChI=1S/C10H11BrN2O.C7H4BrNO.C4H8O.C3H7N/c11-7-1-3-8(4-2-7)12-10(14)13-9-5-6-9;8-6-1-3-7(4-2-6)9-5-10;1-2-4-5-3-1;4-3-1-2-3/h1-4,9H,5-6H2,(H2,12,13,14);1-4H;1-4H2;3H,1-2,4H2. The molecule has 33 heavy (non-hydrogen) atoms. The van der Waals surface area contributed by atoms with Crippen LogP contribution in [0.4, 0.5) is 16.2 Å². The zero-order valence-electron chi connectivity index (χ0n) is 18.4. The highest BCUT2D eigenvalue weighted by atomic mass is 79.9. The van der Waals surface area contributed by atoms with Crippen molar-refractivity contribution in [2.75, 3.05) is 18.5 Å². The minimum absolute atomic E-state index is 0.116. The molecule has 0 spiro atoms. The summed E-state index contributed by atoms with van der Waals surface area (Å²) in [6.07, 6.45) is 8.76. The maximum absolute atomic E-state index is 11.3. The second kappa shape index (κ2) is 15.7. The third-order valence-electron chi connectivity index (χ3n) is 4.47. The molecule has 3 aliphatic rings. The summed E-state index contributed by atoms with van der Waals surface area (Å²) >= 11 is 6.59. The number of carbonyl (C=O) groups is 1. The first-order valence-corrected chi connectivity index (χ1v) is 12.5. The molecule has 0 aromatic heterocycles. The number of isocyanates is 1. The van der Waals surface area contributed by atoms with E-state index in [2.05, 4.69) is 47.5 Å². The first-order chi connectivity index (χ1) is 16.0. The van der Waals surface area contributed by atoms with Gasteiger partial charge in [0.25, 0.3) is 0 Å². The molecule has 7 nitrogen and oxygen atoms in total. The van der Waals surface area contributed by atoms with Gasteiger partial charge in [0, 0.05) is 39.9 Å². The largest absolute Gasteiger partial charge is 0.381 e. The third kappa shape index (κ3) is 14.7. The summed E-state index contributed by atoms with van der Waals surface area (Å²) in [5.74, 6) is 0. The third-order valence-corrected chi connectivity index (χ3v) is 5.52. The maximum Gasteiger partial charge on any atom is 0.319 e. The Balaban J connectivity index is 0.000000175. The van der Waals surface area contributed by atoms with Crippen molar-refractivity contribution in [2.24, 2.45) is 10.7 Å². The average molecular weight is 582 g/mol. The highest BCUT2D eigenvalue weighted by Crippen LogP contribution is 2.19. The molecule has 4 N–H and O–H groups in total. The summed E-state index contributed by atoms with van der Waals surface area (Å²) in [6, 6.07) is 15.5. The van der Waals surface area contributed by atoms with Crippen LogP contribution in [0, 0.1) is 0 Å². The fourth-order valence-electron chi connectivity index (χ4n) is 2.29. The van der Waals surface area contributed by atoms with Gasteiger partial charge in [-0.3, -0.25) is 0 Å². The van der Waals surface area contributed by atoms with Gasteiger partial charge in [-0.05, 0) is 87.1 Å². The molecule has 2 aromatic carbocycles. The van der Waals surface area contributed by atoms with Gasteiger partial charge in [-0.1, -0.05) is 31.9 Å². The lowest BCUT2D eigenvalue weighted by Gasteiger charge is -2.05. The zero-order chi connectivity index (χ0) is 23.9. The molecular weight excluding hydrogens is 552 g/mol. The van der Waals surface area contributed by atoms with Crippen molar-refractivity contribution in [1.29, 1.82) is 0 Å². The summed E-state index contributed by atoms with van der Waals surface area (Å²) in [6.45, 7) is 2.00. The summed E-state index contributed by atoms with van der Waals surface area (Å²) in [5.41, 5.74) is 6.66. The number of ether oxygens (including phenoxy) is 1. The van der Waals surface area contributed by atoms with E-state index in [0.717, 1.165) is 40.7 Å². The normalized spacial score (nSPS) is 15.7. The maximum atomic E-state index is 11.3. The highest BCUT2D eigenvalue weighted by Gasteiger charge is 2.23. The Morgan fingerprint density at radius 1 is 0.939 bits per heavy atom. The Bertz CT molecular complexity index is 868. The molecule has 5 rings (SSSR count). The quantitative estimate of drug-likeness (QED) is 0.303. The van der Waals surface area contributed by atoms with Gasteiger partial charge < -0.3 is 21.1 Å². The van der Waals surface area contributed by atoms with Crippen molar-refractivity contribution < 1.29 is 14.3 Å². The molecular formula is C24H30Br2N4O3. The second-order valence-corrected chi connectivity index (χ2v) is 9.55. The Morgan fingerprint density at radius 3 is 1.85 bits per heavy atom. The fourth-order valence-corrected chi connectivity index (χ4v) is 2.82. The SMILES string of the molecule is C1CCOC1.NC1CC1.O=C(Nc1ccc(Br)cc1)NC1CC1.O=C=Nc1ccc(Br)cc1. The molecule has 2 aromatic rings. The van der Waals surface area contributed by atoms with Crippen LogP contribution in [-0.4, -0.2) is 37.4 Å². The number of urea groups is 1. The van der Waals surface area contributed by atoms with Crippen molar-refractivity contribution in [1.82, 2.24) is 5.32 Å². The molecule has 0 unspecified atom stereocenters. The Hall–Kier alpha value is -2.03. The lowest BCUT2D eigenvalue weighted by Crippen LogP contribution is -2.30. The lowest BCUT2D eigenvalue weighted by atomic mass is 10.3. The summed E-state index contributed by atoms with van der Waals surface area (Å²) in [4.78, 5) is 24.5. The van der Waals surface area contributed by atoms with Gasteiger partial charge in [0.05, 0.1) is 5.69 Å². The monoisotopic (exact) mass is 580 g/mol. The number of nitrogens with one attached hydrogen (secondary N) is 2. The Morgan fingerprint density at radius 2 is 1.45 bits per heavy atom. The minimum Gasteiger partial charge on any atom is -0.381 e. The van der Waals surface area contributed by atoms with Gasteiger partial charge in [-0.2, -0.15) is 4.99 Å². The number of hydrogen-bond acceptors (Lipinski definition) is 5. The molecule has 9 heteroatoms. The van der Waals surface area contributed by atoms with Crippen LogP contribution in [0.5, 0.6) is 0 Å². The number of benzene rings is 2. The molecule has 3 fully saturated rings. The number of halogens is 2. The number of nitrogens with two attached hydrogens (primary N) is 1. The van der Waals surface area contributed by atoms with Crippen LogP contribution in [0.3, 0.4) is 0 Å². The second-order valence-electron chi connectivity index (χ2n) is 7.72. The predicted octanol–water partition coefficient (Wildman–Crippen LogP) is 6.05. The van der Waals surface area contributed by atoms with Crippen LogP contribution in [0.25, 0.3) is 0 Å². The number of nitrogens with zero attached hydrogens (tertiary/aromatic N) is 1. The molecule has 2 amide bonds. The van der Waals surface area contributed by atoms with E-state index in [1.54, 1.807) is 12.1 Å². The van der Waals surface area contributed by atoms with Crippen molar-refractivity contribution in [2.45, 2.75) is 50.6 Å². The van der Waals surface area contributed by atoms with E-state index in [-0.39, 0.29) is 6.03 Å².